The largest absolute Gasteiger partial charge is 0.310 e. The van der Waals surface area contributed by atoms with Gasteiger partial charge < -0.3 is 5.32 Å². The molecule has 2 aromatic rings. The number of halogens is 2. The molecule has 18 heavy (non-hydrogen) atoms. The summed E-state index contributed by atoms with van der Waals surface area (Å²) in [5.74, 6) is -0.308. The van der Waals surface area contributed by atoms with Crippen LogP contribution in [0.2, 0.25) is 5.02 Å². The third kappa shape index (κ3) is 3.09. The highest BCUT2D eigenvalue weighted by molar-refractivity contribution is 6.30. The maximum Gasteiger partial charge on any atom is 0.149 e. The Kier molecular flexibility index (Phi) is 3.99. The average Bonchev–Trinajstić information content (AvgIpc) is 2.73. The Morgan fingerprint density at radius 3 is 2.78 bits per heavy atom. The quantitative estimate of drug-likeness (QED) is 0.922. The number of aromatic nitrogens is 2. The highest BCUT2D eigenvalue weighted by atomic mass is 35.5. The Bertz CT molecular complexity index is 537. The summed E-state index contributed by atoms with van der Waals surface area (Å²) in [5, 5.41) is 7.71. The molecule has 2 rings (SSSR count). The van der Waals surface area contributed by atoms with Crippen molar-refractivity contribution in [3.8, 4) is 5.69 Å². The summed E-state index contributed by atoms with van der Waals surface area (Å²) in [7, 11) is 0. The van der Waals surface area contributed by atoms with E-state index in [4.69, 9.17) is 11.6 Å². The number of hydrogen-bond acceptors (Lipinski definition) is 2. The highest BCUT2D eigenvalue weighted by Crippen LogP contribution is 2.17. The van der Waals surface area contributed by atoms with Crippen LogP contribution in [0.5, 0.6) is 0 Å². The van der Waals surface area contributed by atoms with Gasteiger partial charge in [-0.15, -0.1) is 0 Å². The van der Waals surface area contributed by atoms with E-state index < -0.39 is 0 Å². The summed E-state index contributed by atoms with van der Waals surface area (Å²) in [6, 6.07) is 5.47. The van der Waals surface area contributed by atoms with Crippen molar-refractivity contribution < 1.29 is 4.39 Å². The summed E-state index contributed by atoms with van der Waals surface area (Å²) in [4.78, 5) is 0. The molecule has 5 heteroatoms. The second-order valence-electron chi connectivity index (χ2n) is 4.42. The van der Waals surface area contributed by atoms with E-state index in [1.54, 1.807) is 12.3 Å². The molecule has 3 nitrogen and oxygen atoms in total. The molecule has 0 aliphatic carbocycles. The first-order valence-corrected chi connectivity index (χ1v) is 6.16. The lowest BCUT2D eigenvalue weighted by Crippen LogP contribution is -2.21. The third-order valence-electron chi connectivity index (χ3n) is 2.52. The zero-order valence-electron chi connectivity index (χ0n) is 10.3. The smallest absolute Gasteiger partial charge is 0.149 e. The van der Waals surface area contributed by atoms with Crippen molar-refractivity contribution in [2.45, 2.75) is 26.4 Å². The molecule has 1 aromatic heterocycles. The lowest BCUT2D eigenvalue weighted by Gasteiger charge is -2.09. The molecule has 0 unspecified atom stereocenters. The summed E-state index contributed by atoms with van der Waals surface area (Å²) >= 11 is 5.76. The molecule has 0 radical (unpaired) electrons. The fourth-order valence-electron chi connectivity index (χ4n) is 1.60. The molecule has 0 aliphatic rings. The van der Waals surface area contributed by atoms with E-state index in [2.05, 4.69) is 24.3 Å². The van der Waals surface area contributed by atoms with Crippen molar-refractivity contribution in [3.05, 3.63) is 47.0 Å². The third-order valence-corrected chi connectivity index (χ3v) is 2.72. The van der Waals surface area contributed by atoms with Gasteiger partial charge in [-0.1, -0.05) is 31.5 Å². The molecule has 0 spiro atoms. The number of nitrogens with one attached hydrogen (secondary N) is 1. The Morgan fingerprint density at radius 2 is 2.22 bits per heavy atom. The van der Waals surface area contributed by atoms with Gasteiger partial charge in [-0.2, -0.15) is 5.10 Å². The van der Waals surface area contributed by atoms with E-state index in [1.165, 1.54) is 16.9 Å². The van der Waals surface area contributed by atoms with Crippen LogP contribution in [0, 0.1) is 5.82 Å². The first-order chi connectivity index (χ1) is 8.56. The van der Waals surface area contributed by atoms with Crippen LogP contribution in [0.15, 0.2) is 30.6 Å². The van der Waals surface area contributed by atoms with E-state index in [9.17, 15) is 4.39 Å². The number of nitrogens with zero attached hydrogens (tertiary/aromatic N) is 2. The predicted octanol–water partition coefficient (Wildman–Crippen LogP) is 3.16. The van der Waals surface area contributed by atoms with Crippen molar-refractivity contribution >= 4 is 11.6 Å². The molecule has 96 valence electrons. The van der Waals surface area contributed by atoms with Crippen LogP contribution in [-0.2, 0) is 6.54 Å². The minimum atomic E-state index is -0.308. The van der Waals surface area contributed by atoms with Crippen molar-refractivity contribution in [2.75, 3.05) is 0 Å². The van der Waals surface area contributed by atoms with E-state index in [0.717, 1.165) is 5.56 Å². The Hall–Kier alpha value is -1.39. The molecular weight excluding hydrogens is 253 g/mol. The average molecular weight is 268 g/mol. The number of benzene rings is 1. The van der Waals surface area contributed by atoms with Gasteiger partial charge in [0.25, 0.3) is 0 Å². The summed E-state index contributed by atoms with van der Waals surface area (Å²) in [6.07, 6.45) is 3.06. The second kappa shape index (κ2) is 5.50. The fraction of sp³-hybridized carbons (Fsp3) is 0.308. The van der Waals surface area contributed by atoms with Crippen LogP contribution in [0.3, 0.4) is 0 Å². The van der Waals surface area contributed by atoms with Crippen LogP contribution in [0.1, 0.15) is 19.4 Å². The lowest BCUT2D eigenvalue weighted by atomic mass is 10.2. The molecule has 0 aliphatic heterocycles. The lowest BCUT2D eigenvalue weighted by molar-refractivity contribution is 0.578. The van der Waals surface area contributed by atoms with Crippen molar-refractivity contribution in [2.24, 2.45) is 0 Å². The van der Waals surface area contributed by atoms with Gasteiger partial charge in [-0.25, -0.2) is 9.07 Å². The van der Waals surface area contributed by atoms with Gasteiger partial charge in [0.15, 0.2) is 0 Å². The van der Waals surface area contributed by atoms with Gasteiger partial charge in [0.2, 0.25) is 0 Å². The second-order valence-corrected chi connectivity index (χ2v) is 4.86. The van der Waals surface area contributed by atoms with E-state index in [1.807, 2.05) is 6.07 Å². The van der Waals surface area contributed by atoms with Crippen molar-refractivity contribution in [1.29, 1.82) is 0 Å². The first-order valence-electron chi connectivity index (χ1n) is 5.78. The number of rotatable bonds is 4. The molecule has 1 aromatic carbocycles. The maximum atomic E-state index is 13.9. The summed E-state index contributed by atoms with van der Waals surface area (Å²) in [6.45, 7) is 4.75. The molecule has 0 amide bonds. The van der Waals surface area contributed by atoms with Crippen LogP contribution < -0.4 is 5.32 Å². The molecule has 0 saturated carbocycles. The van der Waals surface area contributed by atoms with Gasteiger partial charge >= 0.3 is 0 Å². The minimum Gasteiger partial charge on any atom is -0.310 e. The zero-order chi connectivity index (χ0) is 13.1. The van der Waals surface area contributed by atoms with Crippen LogP contribution in [0.25, 0.3) is 5.69 Å². The van der Waals surface area contributed by atoms with Crippen LogP contribution >= 0.6 is 11.6 Å². The van der Waals surface area contributed by atoms with E-state index in [0.29, 0.717) is 23.3 Å². The molecular formula is C13H15ClFN3. The van der Waals surface area contributed by atoms with E-state index >= 15 is 0 Å². The maximum absolute atomic E-state index is 13.9. The molecule has 0 fully saturated rings. The van der Waals surface area contributed by atoms with E-state index in [-0.39, 0.29) is 5.82 Å². The van der Waals surface area contributed by atoms with Crippen molar-refractivity contribution in [3.63, 3.8) is 0 Å². The Morgan fingerprint density at radius 1 is 1.44 bits per heavy atom. The highest BCUT2D eigenvalue weighted by Gasteiger charge is 2.07. The van der Waals surface area contributed by atoms with Gasteiger partial charge in [0.05, 0.1) is 11.2 Å². The molecule has 0 saturated heterocycles. The predicted molar refractivity (Wildman–Crippen MR) is 70.5 cm³/mol. The number of hydrogen-bond donors (Lipinski definition) is 1. The SMILES string of the molecule is CC(C)NCc1ccc(-n2cc(Cl)cn2)c(F)c1. The van der Waals surface area contributed by atoms with Crippen LogP contribution in [-0.4, -0.2) is 15.8 Å². The fourth-order valence-corrected chi connectivity index (χ4v) is 1.74. The minimum absolute atomic E-state index is 0.308. The van der Waals surface area contributed by atoms with Gasteiger partial charge in [0, 0.05) is 18.8 Å². The molecule has 1 N–H and O–H groups in total. The molecule has 1 heterocycles. The topological polar surface area (TPSA) is 29.9 Å². The standard InChI is InChI=1S/C13H15ClFN3/c1-9(2)16-6-10-3-4-13(12(15)5-10)18-8-11(14)7-17-18/h3-5,7-9,16H,6H2,1-2H3. The first kappa shape index (κ1) is 13.1. The zero-order valence-corrected chi connectivity index (χ0v) is 11.1. The Balaban J connectivity index is 2.20. The normalized spacial score (nSPS) is 11.2. The van der Waals surface area contributed by atoms with Crippen molar-refractivity contribution in [1.82, 2.24) is 15.1 Å². The van der Waals surface area contributed by atoms with Gasteiger partial charge in [-0.05, 0) is 17.7 Å². The summed E-state index contributed by atoms with van der Waals surface area (Å²) < 4.78 is 15.4. The molecule has 0 bridgehead atoms. The Labute approximate surface area is 111 Å². The van der Waals surface area contributed by atoms with Gasteiger partial charge in [0.1, 0.15) is 11.5 Å². The monoisotopic (exact) mass is 267 g/mol. The summed E-state index contributed by atoms with van der Waals surface area (Å²) in [5.41, 5.74) is 1.30. The van der Waals surface area contributed by atoms with Gasteiger partial charge in [-0.3, -0.25) is 0 Å². The molecule has 0 atom stereocenters. The van der Waals surface area contributed by atoms with Crippen LogP contribution in [0.4, 0.5) is 4.39 Å².